The molecule has 0 rings (SSSR count). The van der Waals surface area contributed by atoms with E-state index in [1.165, 1.54) is 0 Å². The minimum absolute atomic E-state index is 0. The molecular weight excluding hydrogens is 160 g/mol. The van der Waals surface area contributed by atoms with Gasteiger partial charge in [0.05, 0.1) is 0 Å². The van der Waals surface area contributed by atoms with Crippen molar-refractivity contribution in [3.8, 4) is 0 Å². The first-order valence-corrected chi connectivity index (χ1v) is 0.651. The van der Waals surface area contributed by atoms with E-state index in [0.29, 0.717) is 0 Å². The molecule has 0 saturated heterocycles. The molecule has 0 amide bonds. The van der Waals surface area contributed by atoms with Gasteiger partial charge in [0.15, 0.2) is 0 Å². The number of hydrogen-bond donors (Lipinski definition) is 2. The summed E-state index contributed by atoms with van der Waals surface area (Å²) in [6.45, 7) is 0. The topological polar surface area (TPSA) is 57.5 Å². The Balaban J connectivity index is -0.00000000214. The van der Waals surface area contributed by atoms with Crippen LogP contribution in [-0.4, -0.2) is 77.2 Å². The SMILES string of the molecule is Cl.O=C(O)O.[Ca+2].[H-].[H-].[H-].[H-].[Mg+2]. The summed E-state index contributed by atoms with van der Waals surface area (Å²) in [6.07, 6.45) is -1.83. The Hall–Kier alpha value is 1.59. The van der Waals surface area contributed by atoms with Crippen molar-refractivity contribution < 1.29 is 20.7 Å². The minimum Gasteiger partial charge on any atom is -1.00 e. The van der Waals surface area contributed by atoms with Crippen LogP contribution in [0.3, 0.4) is 0 Å². The second-order valence-corrected chi connectivity index (χ2v) is 0.283. The van der Waals surface area contributed by atoms with Gasteiger partial charge in [-0.1, -0.05) is 0 Å². The molecule has 0 aliphatic carbocycles. The van der Waals surface area contributed by atoms with Crippen molar-refractivity contribution >= 4 is 79.4 Å². The van der Waals surface area contributed by atoms with E-state index in [1.54, 1.807) is 0 Å². The van der Waals surface area contributed by atoms with Crippen LogP contribution in [-0.2, 0) is 0 Å². The summed E-state index contributed by atoms with van der Waals surface area (Å²) in [6, 6.07) is 0. The Morgan fingerprint density at radius 2 is 1.43 bits per heavy atom. The normalized spacial score (nSPS) is 3.43. The summed E-state index contributed by atoms with van der Waals surface area (Å²) in [5, 5.41) is 13.9. The van der Waals surface area contributed by atoms with Crippen molar-refractivity contribution in [3.63, 3.8) is 0 Å². The molecular formula is CH7CaClMgO3. The molecule has 0 saturated carbocycles. The second kappa shape index (κ2) is 15.6. The van der Waals surface area contributed by atoms with Crippen molar-refractivity contribution in [1.82, 2.24) is 0 Å². The van der Waals surface area contributed by atoms with Gasteiger partial charge in [-0.2, -0.15) is 0 Å². The minimum atomic E-state index is -1.83. The maximum absolute atomic E-state index is 8.56. The molecule has 40 valence electrons. The van der Waals surface area contributed by atoms with Gasteiger partial charge in [-0.15, -0.1) is 12.4 Å². The van der Waals surface area contributed by atoms with E-state index in [9.17, 15) is 0 Å². The summed E-state index contributed by atoms with van der Waals surface area (Å²) in [5.41, 5.74) is 0. The number of hydrogen-bond acceptors (Lipinski definition) is 1. The standard InChI is InChI=1S/CH2O3.Ca.ClH.Mg.4H/c2-1(3)4;;;;;;;/h(H2,2,3,4);;1H;;;;;/q;+2;;+2;4*-1. The molecule has 6 heteroatoms. The molecule has 2 N–H and O–H groups in total. The molecule has 7 heavy (non-hydrogen) atoms. The van der Waals surface area contributed by atoms with Gasteiger partial charge in [0.1, 0.15) is 0 Å². The van der Waals surface area contributed by atoms with Crippen LogP contribution in [0.5, 0.6) is 0 Å². The molecule has 0 bridgehead atoms. The third-order valence-electron chi connectivity index (χ3n) is 0. The molecule has 0 aliphatic rings. The summed E-state index contributed by atoms with van der Waals surface area (Å²) in [4.78, 5) is 8.56. The zero-order valence-corrected chi connectivity index (χ0v) is 8.06. The molecule has 0 atom stereocenters. The molecule has 3 nitrogen and oxygen atoms in total. The third-order valence-corrected chi connectivity index (χ3v) is 0. The largest absolute Gasteiger partial charge is 2.00 e. The van der Waals surface area contributed by atoms with Crippen molar-refractivity contribution in [2.24, 2.45) is 0 Å². The van der Waals surface area contributed by atoms with Crippen LogP contribution in [0.15, 0.2) is 0 Å². The molecule has 0 unspecified atom stereocenters. The van der Waals surface area contributed by atoms with Crippen LogP contribution in [0.4, 0.5) is 4.79 Å². The predicted octanol–water partition coefficient (Wildman–Crippen LogP) is 0.333. The number of carboxylic acid groups (broad SMARTS) is 2. The van der Waals surface area contributed by atoms with Crippen LogP contribution in [0.25, 0.3) is 0 Å². The summed E-state index contributed by atoms with van der Waals surface area (Å²) < 4.78 is 0. The first-order valence-electron chi connectivity index (χ1n) is 0.651. The predicted molar refractivity (Wildman–Crippen MR) is 33.9 cm³/mol. The Bertz CT molecular complexity index is 48.3. The van der Waals surface area contributed by atoms with E-state index < -0.39 is 6.16 Å². The number of carbonyl (C=O) groups is 1. The van der Waals surface area contributed by atoms with E-state index in [1.807, 2.05) is 0 Å². The Morgan fingerprint density at radius 3 is 1.43 bits per heavy atom. The molecule has 0 aromatic carbocycles. The zero-order valence-electron chi connectivity index (χ0n) is 7.63. The van der Waals surface area contributed by atoms with Crippen molar-refractivity contribution in [2.45, 2.75) is 0 Å². The average molecular weight is 167 g/mol. The second-order valence-electron chi connectivity index (χ2n) is 0.283. The molecule has 0 fully saturated rings. The molecule has 0 aromatic heterocycles. The number of rotatable bonds is 0. The summed E-state index contributed by atoms with van der Waals surface area (Å²) in [7, 11) is 0. The molecule has 0 heterocycles. The first-order chi connectivity index (χ1) is 1.73. The summed E-state index contributed by atoms with van der Waals surface area (Å²) in [5.74, 6) is 0. The van der Waals surface area contributed by atoms with E-state index in [4.69, 9.17) is 15.0 Å². The van der Waals surface area contributed by atoms with Crippen LogP contribution < -0.4 is 0 Å². The number of halogens is 1. The Kier molecular flexibility index (Phi) is 52.5. The zero-order chi connectivity index (χ0) is 3.58. The van der Waals surface area contributed by atoms with Crippen LogP contribution in [0, 0.1) is 0 Å². The van der Waals surface area contributed by atoms with Gasteiger partial charge in [-0.05, 0) is 0 Å². The van der Waals surface area contributed by atoms with Gasteiger partial charge >= 0.3 is 66.9 Å². The maximum atomic E-state index is 8.56. The van der Waals surface area contributed by atoms with E-state index in [-0.39, 0.29) is 78.9 Å². The van der Waals surface area contributed by atoms with Gasteiger partial charge in [0.2, 0.25) is 0 Å². The smallest absolute Gasteiger partial charge is 1.00 e. The van der Waals surface area contributed by atoms with Crippen molar-refractivity contribution in [3.05, 3.63) is 0 Å². The Labute approximate surface area is 99.0 Å². The van der Waals surface area contributed by atoms with Crippen LogP contribution >= 0.6 is 12.4 Å². The van der Waals surface area contributed by atoms with Crippen LogP contribution in [0.1, 0.15) is 5.71 Å². The maximum Gasteiger partial charge on any atom is 2.00 e. The average Bonchev–Trinajstić information content (AvgIpc) is 0.811. The first kappa shape index (κ1) is 23.5. The van der Waals surface area contributed by atoms with E-state index >= 15 is 0 Å². The van der Waals surface area contributed by atoms with Gasteiger partial charge in [-0.25, -0.2) is 4.79 Å². The van der Waals surface area contributed by atoms with E-state index in [2.05, 4.69) is 0 Å². The molecule has 0 spiro atoms. The Morgan fingerprint density at radius 1 is 1.43 bits per heavy atom. The molecule has 0 radical (unpaired) electrons. The van der Waals surface area contributed by atoms with Crippen LogP contribution in [0.2, 0.25) is 0 Å². The van der Waals surface area contributed by atoms with Gasteiger partial charge in [-0.3, -0.25) is 0 Å². The molecule has 0 aromatic rings. The van der Waals surface area contributed by atoms with Crippen molar-refractivity contribution in [2.75, 3.05) is 0 Å². The monoisotopic (exact) mass is 166 g/mol. The van der Waals surface area contributed by atoms with Gasteiger partial charge < -0.3 is 15.9 Å². The fraction of sp³-hybridized carbons (Fsp3) is 0. The fourth-order valence-electron chi connectivity index (χ4n) is 0. The van der Waals surface area contributed by atoms with Gasteiger partial charge in [0.25, 0.3) is 0 Å². The fourth-order valence-corrected chi connectivity index (χ4v) is 0. The third kappa shape index (κ3) is 94.1. The summed E-state index contributed by atoms with van der Waals surface area (Å²) >= 11 is 0. The van der Waals surface area contributed by atoms with Gasteiger partial charge in [0, 0.05) is 0 Å². The van der Waals surface area contributed by atoms with Crippen molar-refractivity contribution in [1.29, 1.82) is 0 Å². The quantitative estimate of drug-likeness (QED) is 0.511. The molecule has 0 aliphatic heterocycles. The van der Waals surface area contributed by atoms with E-state index in [0.717, 1.165) is 0 Å².